The molecule has 7 heteroatoms. The van der Waals surface area contributed by atoms with Gasteiger partial charge in [-0.05, 0) is 35.4 Å². The molecule has 4 aromatic rings. The van der Waals surface area contributed by atoms with Gasteiger partial charge in [0.1, 0.15) is 16.9 Å². The first-order chi connectivity index (χ1) is 15.4. The average molecular weight is 445 g/mol. The van der Waals surface area contributed by atoms with Crippen LogP contribution in [0, 0.1) is 5.41 Å². The van der Waals surface area contributed by atoms with E-state index in [0.717, 1.165) is 5.69 Å². The first-order valence-electron chi connectivity index (χ1n) is 11.2. The van der Waals surface area contributed by atoms with Gasteiger partial charge in [-0.3, -0.25) is 4.79 Å². The van der Waals surface area contributed by atoms with Gasteiger partial charge in [0.2, 0.25) is 0 Å². The Labute approximate surface area is 194 Å². The van der Waals surface area contributed by atoms with Crippen molar-refractivity contribution in [3.63, 3.8) is 0 Å². The SMILES string of the molecule is CC(NC(=O)c1c[nH]c2ncc(-c3cn(-c4cccc(C(C)(C)C)c4)cn3)nc12)C(C)(C)C. The molecular formula is C26H32N6O. The average Bonchev–Trinajstić information content (AvgIpc) is 3.39. The van der Waals surface area contributed by atoms with E-state index in [2.05, 4.69) is 86.1 Å². The minimum absolute atomic E-state index is 0.00523. The number of amides is 1. The summed E-state index contributed by atoms with van der Waals surface area (Å²) in [5.74, 6) is -0.167. The number of hydrogen-bond acceptors (Lipinski definition) is 4. The van der Waals surface area contributed by atoms with Crippen LogP contribution in [0.4, 0.5) is 0 Å². The second kappa shape index (κ2) is 8.14. The smallest absolute Gasteiger partial charge is 0.255 e. The summed E-state index contributed by atoms with van der Waals surface area (Å²) in [5, 5.41) is 3.07. The van der Waals surface area contributed by atoms with Crippen molar-refractivity contribution in [2.45, 2.75) is 59.9 Å². The van der Waals surface area contributed by atoms with Crippen molar-refractivity contribution in [3.05, 3.63) is 60.3 Å². The Kier molecular flexibility index (Phi) is 5.60. The molecule has 2 N–H and O–H groups in total. The van der Waals surface area contributed by atoms with Crippen LogP contribution in [0.3, 0.4) is 0 Å². The number of aromatic amines is 1. The molecule has 33 heavy (non-hydrogen) atoms. The summed E-state index contributed by atoms with van der Waals surface area (Å²) in [5.41, 5.74) is 5.21. The molecular weight excluding hydrogens is 412 g/mol. The summed E-state index contributed by atoms with van der Waals surface area (Å²) in [6.45, 7) is 14.9. The lowest BCUT2D eigenvalue weighted by Gasteiger charge is -2.27. The van der Waals surface area contributed by atoms with Gasteiger partial charge in [-0.2, -0.15) is 0 Å². The summed E-state index contributed by atoms with van der Waals surface area (Å²) in [6, 6.07) is 8.43. The molecule has 172 valence electrons. The van der Waals surface area contributed by atoms with E-state index in [4.69, 9.17) is 4.98 Å². The van der Waals surface area contributed by atoms with Gasteiger partial charge >= 0.3 is 0 Å². The van der Waals surface area contributed by atoms with Crippen molar-refractivity contribution in [1.29, 1.82) is 0 Å². The Balaban J connectivity index is 1.65. The Morgan fingerprint density at radius 1 is 1.09 bits per heavy atom. The van der Waals surface area contributed by atoms with Gasteiger partial charge in [-0.25, -0.2) is 15.0 Å². The summed E-state index contributed by atoms with van der Waals surface area (Å²) in [6.07, 6.45) is 7.05. The van der Waals surface area contributed by atoms with E-state index in [1.807, 2.05) is 17.7 Å². The van der Waals surface area contributed by atoms with Crippen LogP contribution in [0.25, 0.3) is 28.2 Å². The van der Waals surface area contributed by atoms with Crippen molar-refractivity contribution in [2.75, 3.05) is 0 Å². The normalized spacial score (nSPS) is 13.3. The number of aromatic nitrogens is 5. The molecule has 3 heterocycles. The lowest BCUT2D eigenvalue weighted by molar-refractivity contribution is 0.0911. The molecule has 0 saturated carbocycles. The number of carbonyl (C=O) groups is 1. The van der Waals surface area contributed by atoms with Gasteiger partial charge in [0, 0.05) is 24.1 Å². The van der Waals surface area contributed by atoms with Crippen LogP contribution in [0.2, 0.25) is 0 Å². The second-order valence-corrected chi connectivity index (χ2v) is 10.7. The summed E-state index contributed by atoms with van der Waals surface area (Å²) in [7, 11) is 0. The molecule has 1 atom stereocenters. The zero-order valence-corrected chi connectivity index (χ0v) is 20.4. The maximum absolute atomic E-state index is 12.9. The molecule has 7 nitrogen and oxygen atoms in total. The van der Waals surface area contributed by atoms with Gasteiger partial charge in [-0.1, -0.05) is 53.7 Å². The monoisotopic (exact) mass is 444 g/mol. The van der Waals surface area contributed by atoms with Gasteiger partial charge in [-0.15, -0.1) is 0 Å². The number of imidazole rings is 1. The van der Waals surface area contributed by atoms with Crippen LogP contribution in [0.15, 0.2) is 49.2 Å². The first-order valence-corrected chi connectivity index (χ1v) is 11.2. The highest BCUT2D eigenvalue weighted by atomic mass is 16.1. The molecule has 4 rings (SSSR count). The van der Waals surface area contributed by atoms with Crippen LogP contribution in [-0.2, 0) is 5.41 Å². The molecule has 0 aliphatic carbocycles. The molecule has 1 amide bonds. The zero-order chi connectivity index (χ0) is 24.0. The Morgan fingerprint density at radius 2 is 1.85 bits per heavy atom. The quantitative estimate of drug-likeness (QED) is 0.449. The van der Waals surface area contributed by atoms with E-state index in [1.54, 1.807) is 18.7 Å². The number of H-pyrrole nitrogens is 1. The summed E-state index contributed by atoms with van der Waals surface area (Å²) in [4.78, 5) is 29.7. The molecule has 1 unspecified atom stereocenters. The largest absolute Gasteiger partial charge is 0.349 e. The number of nitrogens with one attached hydrogen (secondary N) is 2. The highest BCUT2D eigenvalue weighted by Gasteiger charge is 2.24. The standard InChI is InChI=1S/C26H32N6O/c1-16(25(2,3)4)30-24(33)19-12-27-23-22(19)31-20(13-28-23)21-14-32(15-29-21)18-10-8-9-17(11-18)26(5,6)7/h8-16H,1-7H3,(H,27,28)(H,30,33). The van der Waals surface area contributed by atoms with E-state index >= 15 is 0 Å². The van der Waals surface area contributed by atoms with Crippen molar-refractivity contribution in [3.8, 4) is 17.1 Å². The zero-order valence-electron chi connectivity index (χ0n) is 20.4. The summed E-state index contributed by atoms with van der Waals surface area (Å²) >= 11 is 0. The number of rotatable bonds is 4. The number of nitrogens with zero attached hydrogens (tertiary/aromatic N) is 4. The van der Waals surface area contributed by atoms with E-state index in [1.165, 1.54) is 5.56 Å². The third-order valence-electron chi connectivity index (χ3n) is 6.13. The Hall–Kier alpha value is -3.48. The van der Waals surface area contributed by atoms with Crippen LogP contribution in [-0.4, -0.2) is 36.5 Å². The topological polar surface area (TPSA) is 88.5 Å². The molecule has 0 bridgehead atoms. The molecule has 1 aromatic carbocycles. The van der Waals surface area contributed by atoms with Gasteiger partial charge in [0.05, 0.1) is 18.1 Å². The number of hydrogen-bond donors (Lipinski definition) is 2. The molecule has 0 aliphatic rings. The second-order valence-electron chi connectivity index (χ2n) is 10.7. The predicted octanol–water partition coefficient (Wildman–Crippen LogP) is 5.27. The minimum atomic E-state index is -0.167. The fraction of sp³-hybridized carbons (Fsp3) is 0.385. The van der Waals surface area contributed by atoms with E-state index in [9.17, 15) is 4.79 Å². The molecule has 0 radical (unpaired) electrons. The third-order valence-corrected chi connectivity index (χ3v) is 6.13. The number of fused-ring (bicyclic) bond motifs is 1. The van der Waals surface area contributed by atoms with Crippen molar-refractivity contribution in [2.24, 2.45) is 5.41 Å². The van der Waals surface area contributed by atoms with Crippen molar-refractivity contribution in [1.82, 2.24) is 29.8 Å². The van der Waals surface area contributed by atoms with Crippen LogP contribution in [0.5, 0.6) is 0 Å². The summed E-state index contributed by atoms with van der Waals surface area (Å²) < 4.78 is 1.98. The van der Waals surface area contributed by atoms with Gasteiger partial charge in [0.25, 0.3) is 5.91 Å². The van der Waals surface area contributed by atoms with Crippen LogP contribution in [0.1, 0.15) is 64.4 Å². The lowest BCUT2D eigenvalue weighted by atomic mass is 9.87. The molecule has 0 fully saturated rings. The minimum Gasteiger partial charge on any atom is -0.349 e. The van der Waals surface area contributed by atoms with Gasteiger partial charge in [0.15, 0.2) is 5.65 Å². The van der Waals surface area contributed by atoms with Crippen LogP contribution < -0.4 is 5.32 Å². The van der Waals surface area contributed by atoms with E-state index in [-0.39, 0.29) is 22.8 Å². The van der Waals surface area contributed by atoms with Crippen molar-refractivity contribution < 1.29 is 4.79 Å². The fourth-order valence-corrected chi connectivity index (χ4v) is 3.41. The Bertz CT molecular complexity index is 1300. The van der Waals surface area contributed by atoms with Crippen molar-refractivity contribution >= 4 is 17.1 Å². The van der Waals surface area contributed by atoms with Gasteiger partial charge < -0.3 is 14.9 Å². The third kappa shape index (κ3) is 4.67. The molecule has 0 saturated heterocycles. The lowest BCUT2D eigenvalue weighted by Crippen LogP contribution is -2.41. The highest BCUT2D eigenvalue weighted by Crippen LogP contribution is 2.26. The maximum Gasteiger partial charge on any atom is 0.255 e. The first kappa shape index (κ1) is 22.7. The maximum atomic E-state index is 12.9. The molecule has 0 spiro atoms. The van der Waals surface area contributed by atoms with Crippen LogP contribution >= 0.6 is 0 Å². The fourth-order valence-electron chi connectivity index (χ4n) is 3.41. The van der Waals surface area contributed by atoms with E-state index < -0.39 is 0 Å². The molecule has 3 aromatic heterocycles. The number of carbonyl (C=O) groups excluding carboxylic acids is 1. The van der Waals surface area contributed by atoms with E-state index in [0.29, 0.717) is 28.1 Å². The Morgan fingerprint density at radius 3 is 2.55 bits per heavy atom. The highest BCUT2D eigenvalue weighted by molar-refractivity contribution is 6.04. The number of benzene rings is 1. The molecule has 0 aliphatic heterocycles. The predicted molar refractivity (Wildman–Crippen MR) is 132 cm³/mol.